The molecule has 45 heavy (non-hydrogen) atoms. The first-order valence-electron chi connectivity index (χ1n) is 13.7. The van der Waals surface area contributed by atoms with Crippen molar-refractivity contribution in [1.29, 1.82) is 0 Å². The molecule has 0 bridgehead atoms. The third-order valence-electron chi connectivity index (χ3n) is 6.36. The SMILES string of the molecule is COC(=O)/C=C/c1ccc(OC(COC(C)=O)C(Oc2ccc(/C=C/C(=O)OC)cc2OC)c2ccc(OC)c(OC)c2)cc1. The smallest absolute Gasteiger partial charge is 0.330 e. The molecule has 0 spiro atoms. The molecule has 11 heteroatoms. The Morgan fingerprint density at radius 3 is 1.78 bits per heavy atom. The average molecular weight is 621 g/mol. The molecule has 0 amide bonds. The molecular formula is C34H36O11. The second-order valence-electron chi connectivity index (χ2n) is 9.30. The summed E-state index contributed by atoms with van der Waals surface area (Å²) in [4.78, 5) is 35.0. The predicted octanol–water partition coefficient (Wildman–Crippen LogP) is 5.22. The summed E-state index contributed by atoms with van der Waals surface area (Å²) in [6, 6.07) is 17.3. The minimum Gasteiger partial charge on any atom is -0.493 e. The zero-order valence-electron chi connectivity index (χ0n) is 25.9. The standard InChI is InChI=1S/C34H36O11/c1-22(35)43-21-31(44-26-13-7-23(8-14-26)10-17-32(36)41-5)34(25-12-16-27(38-2)30(20-25)40-4)45-28-15-9-24(19-29(28)39-3)11-18-33(37)42-6/h7-20,31,34H,21H2,1-6H3/b17-10+,18-11+. The molecule has 0 saturated heterocycles. The Labute approximate surface area is 261 Å². The molecule has 0 aliphatic carbocycles. The number of hydrogen-bond donors (Lipinski definition) is 0. The van der Waals surface area contributed by atoms with Gasteiger partial charge in [-0.15, -0.1) is 0 Å². The van der Waals surface area contributed by atoms with Gasteiger partial charge in [0.1, 0.15) is 12.4 Å². The summed E-state index contributed by atoms with van der Waals surface area (Å²) in [5.74, 6) is 0.659. The maximum atomic E-state index is 11.9. The van der Waals surface area contributed by atoms with Gasteiger partial charge in [-0.25, -0.2) is 9.59 Å². The monoisotopic (exact) mass is 620 g/mol. The summed E-state index contributed by atoms with van der Waals surface area (Å²) < 4.78 is 44.2. The van der Waals surface area contributed by atoms with E-state index >= 15 is 0 Å². The van der Waals surface area contributed by atoms with Crippen LogP contribution >= 0.6 is 0 Å². The normalized spacial score (nSPS) is 12.2. The fourth-order valence-corrected chi connectivity index (χ4v) is 4.09. The minimum absolute atomic E-state index is 0.166. The number of methoxy groups -OCH3 is 5. The fraction of sp³-hybridized carbons (Fsp3) is 0.265. The van der Waals surface area contributed by atoms with Gasteiger partial charge >= 0.3 is 17.9 Å². The quantitative estimate of drug-likeness (QED) is 0.126. The largest absolute Gasteiger partial charge is 0.493 e. The Balaban J connectivity index is 2.05. The van der Waals surface area contributed by atoms with Crippen molar-refractivity contribution in [2.24, 2.45) is 0 Å². The summed E-state index contributed by atoms with van der Waals surface area (Å²) in [6.07, 6.45) is 4.06. The molecule has 0 aliphatic rings. The first-order chi connectivity index (χ1) is 21.7. The van der Waals surface area contributed by atoms with E-state index in [0.717, 1.165) is 5.56 Å². The van der Waals surface area contributed by atoms with E-state index in [1.807, 2.05) is 0 Å². The van der Waals surface area contributed by atoms with Gasteiger partial charge in [0.2, 0.25) is 0 Å². The van der Waals surface area contributed by atoms with Crippen LogP contribution in [0.25, 0.3) is 12.2 Å². The Hall–Kier alpha value is -5.45. The lowest BCUT2D eigenvalue weighted by atomic mass is 10.0. The van der Waals surface area contributed by atoms with Crippen molar-refractivity contribution in [3.63, 3.8) is 0 Å². The number of carbonyl (C=O) groups excluding carboxylic acids is 3. The molecule has 0 aliphatic heterocycles. The average Bonchev–Trinajstić information content (AvgIpc) is 3.07. The van der Waals surface area contributed by atoms with Crippen LogP contribution in [0.5, 0.6) is 28.7 Å². The van der Waals surface area contributed by atoms with Crippen LogP contribution in [0.15, 0.2) is 72.8 Å². The Kier molecular flexibility index (Phi) is 12.9. The number of benzene rings is 3. The lowest BCUT2D eigenvalue weighted by Crippen LogP contribution is -2.34. The molecule has 0 saturated carbocycles. The van der Waals surface area contributed by atoms with Crippen LogP contribution in [0.4, 0.5) is 0 Å². The number of ether oxygens (including phenoxy) is 8. The molecule has 0 fully saturated rings. The zero-order valence-corrected chi connectivity index (χ0v) is 25.9. The first kappa shape index (κ1) is 34.0. The van der Waals surface area contributed by atoms with Crippen molar-refractivity contribution < 1.29 is 52.3 Å². The van der Waals surface area contributed by atoms with Gasteiger partial charge in [-0.05, 0) is 59.7 Å². The maximum absolute atomic E-state index is 11.9. The van der Waals surface area contributed by atoms with Gasteiger partial charge < -0.3 is 37.9 Å². The fourth-order valence-electron chi connectivity index (χ4n) is 4.09. The van der Waals surface area contributed by atoms with Crippen LogP contribution in [-0.4, -0.2) is 66.2 Å². The van der Waals surface area contributed by atoms with E-state index in [9.17, 15) is 14.4 Å². The first-order valence-corrected chi connectivity index (χ1v) is 13.7. The highest BCUT2D eigenvalue weighted by molar-refractivity contribution is 5.87. The lowest BCUT2D eigenvalue weighted by molar-refractivity contribution is -0.145. The third-order valence-corrected chi connectivity index (χ3v) is 6.36. The summed E-state index contributed by atoms with van der Waals surface area (Å²) in [5, 5.41) is 0. The van der Waals surface area contributed by atoms with E-state index in [1.165, 1.54) is 54.6 Å². The minimum atomic E-state index is -0.868. The number of carbonyl (C=O) groups is 3. The van der Waals surface area contributed by atoms with E-state index in [-0.39, 0.29) is 6.61 Å². The van der Waals surface area contributed by atoms with Crippen LogP contribution in [-0.2, 0) is 28.6 Å². The van der Waals surface area contributed by atoms with E-state index < -0.39 is 30.1 Å². The molecule has 0 heterocycles. The summed E-state index contributed by atoms with van der Waals surface area (Å²) in [7, 11) is 7.14. The van der Waals surface area contributed by atoms with Crippen molar-refractivity contribution in [3.05, 3.63) is 89.5 Å². The predicted molar refractivity (Wildman–Crippen MR) is 165 cm³/mol. The van der Waals surface area contributed by atoms with Crippen molar-refractivity contribution in [1.82, 2.24) is 0 Å². The Bertz CT molecular complexity index is 1510. The molecule has 11 nitrogen and oxygen atoms in total. The van der Waals surface area contributed by atoms with Crippen molar-refractivity contribution >= 4 is 30.1 Å². The van der Waals surface area contributed by atoms with Gasteiger partial charge in [-0.1, -0.05) is 24.3 Å². The van der Waals surface area contributed by atoms with Gasteiger partial charge in [0, 0.05) is 24.6 Å². The second kappa shape index (κ2) is 17.0. The van der Waals surface area contributed by atoms with Crippen LogP contribution in [0.3, 0.4) is 0 Å². The number of hydrogen-bond acceptors (Lipinski definition) is 11. The van der Waals surface area contributed by atoms with E-state index in [1.54, 1.807) is 72.8 Å². The molecule has 3 rings (SSSR count). The number of esters is 3. The summed E-state index contributed by atoms with van der Waals surface area (Å²) in [6.45, 7) is 1.13. The highest BCUT2D eigenvalue weighted by Crippen LogP contribution is 2.38. The lowest BCUT2D eigenvalue weighted by Gasteiger charge is -2.29. The molecule has 0 aromatic heterocycles. The topological polar surface area (TPSA) is 125 Å². The molecular weight excluding hydrogens is 584 g/mol. The summed E-state index contributed by atoms with van der Waals surface area (Å²) in [5.41, 5.74) is 2.03. The van der Waals surface area contributed by atoms with Gasteiger partial charge in [0.15, 0.2) is 35.2 Å². The molecule has 3 aromatic carbocycles. The molecule has 0 radical (unpaired) electrons. The third kappa shape index (κ3) is 10.1. The van der Waals surface area contributed by atoms with Gasteiger partial charge in [-0.2, -0.15) is 0 Å². The Morgan fingerprint density at radius 2 is 1.20 bits per heavy atom. The molecule has 3 aromatic rings. The van der Waals surface area contributed by atoms with Gasteiger partial charge in [0.25, 0.3) is 0 Å². The van der Waals surface area contributed by atoms with E-state index in [4.69, 9.17) is 28.4 Å². The van der Waals surface area contributed by atoms with Crippen LogP contribution in [0.2, 0.25) is 0 Å². The van der Waals surface area contributed by atoms with Crippen molar-refractivity contribution in [3.8, 4) is 28.7 Å². The van der Waals surface area contributed by atoms with Crippen molar-refractivity contribution in [2.75, 3.05) is 42.2 Å². The van der Waals surface area contributed by atoms with E-state index in [2.05, 4.69) is 9.47 Å². The van der Waals surface area contributed by atoms with Crippen LogP contribution in [0, 0.1) is 0 Å². The maximum Gasteiger partial charge on any atom is 0.330 e. The molecule has 2 atom stereocenters. The number of rotatable bonds is 15. The molecule has 238 valence electrons. The molecule has 2 unspecified atom stereocenters. The summed E-state index contributed by atoms with van der Waals surface area (Å²) >= 11 is 0. The van der Waals surface area contributed by atoms with Crippen LogP contribution < -0.4 is 23.7 Å². The highest BCUT2D eigenvalue weighted by atomic mass is 16.6. The van der Waals surface area contributed by atoms with Gasteiger partial charge in [-0.3, -0.25) is 4.79 Å². The van der Waals surface area contributed by atoms with E-state index in [0.29, 0.717) is 39.9 Å². The zero-order chi connectivity index (χ0) is 32.8. The van der Waals surface area contributed by atoms with Crippen molar-refractivity contribution in [2.45, 2.75) is 19.1 Å². The molecule has 0 N–H and O–H groups in total. The second-order valence-corrected chi connectivity index (χ2v) is 9.30. The van der Waals surface area contributed by atoms with Crippen LogP contribution in [0.1, 0.15) is 29.7 Å². The Morgan fingerprint density at radius 1 is 0.644 bits per heavy atom. The van der Waals surface area contributed by atoms with Gasteiger partial charge in [0.05, 0.1) is 35.5 Å². The highest BCUT2D eigenvalue weighted by Gasteiger charge is 2.31.